The maximum Gasteiger partial charge on any atom is 0.416 e. The molecule has 0 heterocycles. The number of alkyl halides is 3. The van der Waals surface area contributed by atoms with Gasteiger partial charge in [0, 0.05) is 24.2 Å². The van der Waals surface area contributed by atoms with Crippen molar-refractivity contribution in [1.29, 1.82) is 0 Å². The Balaban J connectivity index is 1.85. The first-order chi connectivity index (χ1) is 14.3. The molecule has 0 aliphatic carbocycles. The minimum atomic E-state index is -4.46. The van der Waals surface area contributed by atoms with Crippen molar-refractivity contribution < 1.29 is 32.2 Å². The second-order valence-electron chi connectivity index (χ2n) is 6.11. The van der Waals surface area contributed by atoms with E-state index < -0.39 is 17.6 Å². The standard InChI is InChI=1S/C21H23F3N2O4/c1-3-29-17-10-7-15(13-18(17)30-4-2)20(28)26-12-11-25-19(27)14-5-8-16(9-6-14)21(22,23)24/h5-10,13H,3-4,11-12H2,1-2H3,(H,25,27)(H,26,28). The Bertz CT molecular complexity index is 868. The quantitative estimate of drug-likeness (QED) is 0.603. The lowest BCUT2D eigenvalue weighted by Crippen LogP contribution is -2.34. The summed E-state index contributed by atoms with van der Waals surface area (Å²) in [5.41, 5.74) is -0.355. The molecule has 0 saturated heterocycles. The number of hydrogen-bond donors (Lipinski definition) is 2. The molecule has 2 amide bonds. The molecule has 0 saturated carbocycles. The Labute approximate surface area is 172 Å². The molecule has 0 spiro atoms. The predicted octanol–water partition coefficient (Wildman–Crippen LogP) is 3.66. The fourth-order valence-electron chi connectivity index (χ4n) is 2.56. The van der Waals surface area contributed by atoms with Gasteiger partial charge in [-0.25, -0.2) is 0 Å². The maximum atomic E-state index is 12.6. The van der Waals surface area contributed by atoms with E-state index in [1.165, 1.54) is 0 Å². The number of ether oxygens (including phenoxy) is 2. The van der Waals surface area contributed by atoms with Gasteiger partial charge in [0.25, 0.3) is 11.8 Å². The molecule has 2 rings (SSSR count). The summed E-state index contributed by atoms with van der Waals surface area (Å²) in [6.07, 6.45) is -4.46. The monoisotopic (exact) mass is 424 g/mol. The summed E-state index contributed by atoms with van der Waals surface area (Å²) in [7, 11) is 0. The van der Waals surface area contributed by atoms with Crippen molar-refractivity contribution in [3.05, 3.63) is 59.2 Å². The number of halogens is 3. The van der Waals surface area contributed by atoms with Gasteiger partial charge in [-0.2, -0.15) is 13.2 Å². The van der Waals surface area contributed by atoms with Crippen LogP contribution in [0, 0.1) is 0 Å². The minimum Gasteiger partial charge on any atom is -0.490 e. The molecule has 0 aliphatic heterocycles. The number of benzene rings is 2. The van der Waals surface area contributed by atoms with Gasteiger partial charge in [-0.1, -0.05) is 0 Å². The molecule has 9 heteroatoms. The molecular formula is C21H23F3N2O4. The number of carbonyl (C=O) groups excluding carboxylic acids is 2. The Morgan fingerprint density at radius 1 is 0.800 bits per heavy atom. The molecule has 0 aromatic heterocycles. The van der Waals surface area contributed by atoms with Gasteiger partial charge in [0.2, 0.25) is 0 Å². The number of nitrogens with one attached hydrogen (secondary N) is 2. The van der Waals surface area contributed by atoms with E-state index in [2.05, 4.69) is 10.6 Å². The lowest BCUT2D eigenvalue weighted by atomic mass is 10.1. The lowest BCUT2D eigenvalue weighted by molar-refractivity contribution is -0.137. The van der Waals surface area contributed by atoms with Crippen molar-refractivity contribution in [1.82, 2.24) is 10.6 Å². The average molecular weight is 424 g/mol. The minimum absolute atomic E-state index is 0.0993. The van der Waals surface area contributed by atoms with E-state index in [4.69, 9.17) is 9.47 Å². The molecule has 0 aliphatic rings. The van der Waals surface area contributed by atoms with E-state index in [1.807, 2.05) is 13.8 Å². The third kappa shape index (κ3) is 6.40. The highest BCUT2D eigenvalue weighted by atomic mass is 19.4. The van der Waals surface area contributed by atoms with Crippen molar-refractivity contribution >= 4 is 11.8 Å². The molecule has 6 nitrogen and oxygen atoms in total. The van der Waals surface area contributed by atoms with Gasteiger partial charge >= 0.3 is 6.18 Å². The molecule has 0 fully saturated rings. The van der Waals surface area contributed by atoms with E-state index >= 15 is 0 Å². The Morgan fingerprint density at radius 3 is 1.83 bits per heavy atom. The van der Waals surface area contributed by atoms with Gasteiger partial charge in [0.15, 0.2) is 11.5 Å². The molecule has 2 aromatic carbocycles. The van der Waals surface area contributed by atoms with Crippen LogP contribution in [0.3, 0.4) is 0 Å². The van der Waals surface area contributed by atoms with E-state index in [1.54, 1.807) is 18.2 Å². The summed E-state index contributed by atoms with van der Waals surface area (Å²) in [5, 5.41) is 5.20. The molecule has 0 radical (unpaired) electrons. The largest absolute Gasteiger partial charge is 0.490 e. The SMILES string of the molecule is CCOc1ccc(C(=O)NCCNC(=O)c2ccc(C(F)(F)F)cc2)cc1OCC. The Hall–Kier alpha value is -3.23. The van der Waals surface area contributed by atoms with Crippen molar-refractivity contribution in [3.8, 4) is 11.5 Å². The van der Waals surface area contributed by atoms with Crippen molar-refractivity contribution in [2.75, 3.05) is 26.3 Å². The zero-order valence-electron chi connectivity index (χ0n) is 16.6. The summed E-state index contributed by atoms with van der Waals surface area (Å²) in [6.45, 7) is 4.80. The maximum absolute atomic E-state index is 12.6. The molecule has 0 atom stereocenters. The van der Waals surface area contributed by atoms with Crippen molar-refractivity contribution in [3.63, 3.8) is 0 Å². The smallest absolute Gasteiger partial charge is 0.416 e. The Morgan fingerprint density at radius 2 is 1.30 bits per heavy atom. The van der Waals surface area contributed by atoms with Gasteiger partial charge in [-0.05, 0) is 56.3 Å². The summed E-state index contributed by atoms with van der Waals surface area (Å²) in [5.74, 6) is 0.114. The van der Waals surface area contributed by atoms with Gasteiger partial charge in [-0.15, -0.1) is 0 Å². The predicted molar refractivity (Wildman–Crippen MR) is 105 cm³/mol. The highest BCUT2D eigenvalue weighted by Gasteiger charge is 2.30. The molecule has 0 bridgehead atoms. The van der Waals surface area contributed by atoms with Gasteiger partial charge < -0.3 is 20.1 Å². The van der Waals surface area contributed by atoms with Crippen LogP contribution in [0.5, 0.6) is 11.5 Å². The first-order valence-corrected chi connectivity index (χ1v) is 9.39. The van der Waals surface area contributed by atoms with Crippen LogP contribution < -0.4 is 20.1 Å². The van der Waals surface area contributed by atoms with Gasteiger partial charge in [0.05, 0.1) is 18.8 Å². The fraction of sp³-hybridized carbons (Fsp3) is 0.333. The third-order valence-electron chi connectivity index (χ3n) is 3.98. The summed E-state index contributed by atoms with van der Waals surface area (Å²) >= 11 is 0. The van der Waals surface area contributed by atoms with Crippen molar-refractivity contribution in [2.45, 2.75) is 20.0 Å². The van der Waals surface area contributed by atoms with Crippen LogP contribution >= 0.6 is 0 Å². The lowest BCUT2D eigenvalue weighted by Gasteiger charge is -2.12. The van der Waals surface area contributed by atoms with E-state index in [0.717, 1.165) is 24.3 Å². The zero-order valence-corrected chi connectivity index (χ0v) is 16.6. The first-order valence-electron chi connectivity index (χ1n) is 9.39. The van der Waals surface area contributed by atoms with Crippen LogP contribution in [0.15, 0.2) is 42.5 Å². The second-order valence-corrected chi connectivity index (χ2v) is 6.11. The highest BCUT2D eigenvalue weighted by molar-refractivity contribution is 5.95. The van der Waals surface area contributed by atoms with E-state index in [0.29, 0.717) is 30.3 Å². The van der Waals surface area contributed by atoms with Crippen LogP contribution in [0.2, 0.25) is 0 Å². The highest BCUT2D eigenvalue weighted by Crippen LogP contribution is 2.29. The molecular weight excluding hydrogens is 401 g/mol. The normalized spacial score (nSPS) is 11.0. The van der Waals surface area contributed by atoms with Crippen LogP contribution in [0.25, 0.3) is 0 Å². The number of hydrogen-bond acceptors (Lipinski definition) is 4. The van der Waals surface area contributed by atoms with Crippen LogP contribution in [-0.4, -0.2) is 38.1 Å². The third-order valence-corrected chi connectivity index (χ3v) is 3.98. The summed E-state index contributed by atoms with van der Waals surface area (Å²) < 4.78 is 48.6. The van der Waals surface area contributed by atoms with Gasteiger partial charge in [0.1, 0.15) is 0 Å². The van der Waals surface area contributed by atoms with Gasteiger partial charge in [-0.3, -0.25) is 9.59 Å². The van der Waals surface area contributed by atoms with Crippen LogP contribution in [-0.2, 0) is 6.18 Å². The number of carbonyl (C=O) groups is 2. The van der Waals surface area contributed by atoms with Crippen LogP contribution in [0.1, 0.15) is 40.1 Å². The van der Waals surface area contributed by atoms with E-state index in [9.17, 15) is 22.8 Å². The molecule has 162 valence electrons. The zero-order chi connectivity index (χ0) is 22.1. The topological polar surface area (TPSA) is 76.7 Å². The molecule has 30 heavy (non-hydrogen) atoms. The number of rotatable bonds is 9. The molecule has 2 N–H and O–H groups in total. The Kier molecular flexibility index (Phi) is 8.08. The second kappa shape index (κ2) is 10.5. The molecule has 0 unspecified atom stereocenters. The van der Waals surface area contributed by atoms with Crippen LogP contribution in [0.4, 0.5) is 13.2 Å². The van der Waals surface area contributed by atoms with Crippen molar-refractivity contribution in [2.24, 2.45) is 0 Å². The fourth-order valence-corrected chi connectivity index (χ4v) is 2.56. The van der Waals surface area contributed by atoms with E-state index in [-0.39, 0.29) is 24.6 Å². The average Bonchev–Trinajstić information content (AvgIpc) is 2.72. The molecule has 2 aromatic rings. The summed E-state index contributed by atoms with van der Waals surface area (Å²) in [6, 6.07) is 8.72. The number of amides is 2. The first kappa shape index (κ1) is 23.1. The summed E-state index contributed by atoms with van der Waals surface area (Å²) in [4.78, 5) is 24.3.